The van der Waals surface area contributed by atoms with Gasteiger partial charge in [-0.2, -0.15) is 0 Å². The Hall–Kier alpha value is -3.42. The van der Waals surface area contributed by atoms with Crippen molar-refractivity contribution >= 4 is 11.8 Å². The smallest absolute Gasteiger partial charge is 0.410 e. The summed E-state index contributed by atoms with van der Waals surface area (Å²) in [5.74, 6) is -0.508. The number of fused-ring (bicyclic) bond motifs is 2. The summed E-state index contributed by atoms with van der Waals surface area (Å²) in [6.07, 6.45) is 21.9. The highest BCUT2D eigenvalue weighted by atomic mass is 16.7. The van der Waals surface area contributed by atoms with E-state index in [0.29, 0.717) is 37.6 Å². The number of carbonyl (C=O) groups is 1. The molecule has 1 aromatic carbocycles. The summed E-state index contributed by atoms with van der Waals surface area (Å²) in [4.78, 5) is 22.1. The van der Waals surface area contributed by atoms with E-state index in [1.807, 2.05) is 19.1 Å². The first kappa shape index (κ1) is 50.2. The molecule has 12 heteroatoms. The van der Waals surface area contributed by atoms with E-state index in [1.54, 1.807) is 17.1 Å². The minimum atomic E-state index is -1.41. The summed E-state index contributed by atoms with van der Waals surface area (Å²) >= 11 is 0. The van der Waals surface area contributed by atoms with Crippen LogP contribution < -0.4 is 9.47 Å². The van der Waals surface area contributed by atoms with E-state index in [4.69, 9.17) is 33.7 Å². The molecule has 1 aliphatic heterocycles. The normalized spacial score (nSPS) is 23.3. The van der Waals surface area contributed by atoms with Crippen molar-refractivity contribution in [2.24, 2.45) is 22.9 Å². The molecule has 4 rings (SSSR count). The largest absolute Gasteiger partial charge is 0.490 e. The van der Waals surface area contributed by atoms with Crippen molar-refractivity contribution in [3.8, 4) is 11.5 Å². The van der Waals surface area contributed by atoms with Crippen molar-refractivity contribution in [2.45, 2.75) is 141 Å². The monoisotopic (exact) mass is 855 g/mol. The highest BCUT2D eigenvalue weighted by Gasteiger charge is 2.65. The summed E-state index contributed by atoms with van der Waals surface area (Å²) in [6.45, 7) is 13.7. The maximum atomic E-state index is 14.6. The number of carbonyl (C=O) groups excluding carboxylic acids is 1. The zero-order valence-corrected chi connectivity index (χ0v) is 37.5. The molecule has 3 aliphatic rings. The molecule has 0 spiro atoms. The lowest BCUT2D eigenvalue weighted by Crippen LogP contribution is -2.70. The Morgan fingerprint density at radius 1 is 0.869 bits per heavy atom. The fraction of sp³-hybridized carbons (Fsp3) is 0.714. The lowest BCUT2D eigenvalue weighted by atomic mass is 9.55. The van der Waals surface area contributed by atoms with E-state index in [0.717, 1.165) is 61.8 Å². The summed E-state index contributed by atoms with van der Waals surface area (Å²) in [5.41, 5.74) is 2.66. The average molecular weight is 855 g/mol. The number of nitrogens with zero attached hydrogens (tertiary/aromatic N) is 2. The number of rotatable bonds is 33. The van der Waals surface area contributed by atoms with Gasteiger partial charge in [0.05, 0.1) is 44.7 Å². The van der Waals surface area contributed by atoms with E-state index < -0.39 is 23.8 Å². The maximum Gasteiger partial charge on any atom is 0.410 e. The van der Waals surface area contributed by atoms with Crippen LogP contribution in [0.1, 0.15) is 134 Å². The number of amides is 1. The van der Waals surface area contributed by atoms with Crippen LogP contribution in [-0.2, 0) is 19.0 Å². The molecule has 1 fully saturated rings. The SMILES string of the molecule is C=CCOc1ccc2c(c1)[C@H]1[C@H](CCCCO)[C@@H](CCCCO)C=C3C(=NOCC)C[C@H](N(CCOCCO)C(=O)OCCCCCCCCCCCC)[C@@](OCC=C)(O2)[C@H]31. The standard InChI is InChI=1S/C49H78N2O10/c1-5-9-10-11-12-13-14-15-16-21-32-58-48(55)51(26-33-56-34-29-54)45-37-43(50-60-8-4)41-35-38(22-17-19-27-52)40(23-18-20-28-53)46-42-36-39(57-30-6-2)24-25-44(42)61-49(45,47(41)46)59-31-7-3/h6-7,24-25,35-36,38,40,45-47,52-54H,2-3,5,8-23,26-34,37H2,1,4H3/t38-,40+,45-,46+,47+,49+/m0/s1. The lowest BCUT2D eigenvalue weighted by Gasteiger charge is -2.59. The molecule has 2 aliphatic carbocycles. The van der Waals surface area contributed by atoms with Crippen molar-refractivity contribution in [3.63, 3.8) is 0 Å². The van der Waals surface area contributed by atoms with Gasteiger partial charge in [-0.1, -0.05) is 108 Å². The van der Waals surface area contributed by atoms with E-state index in [2.05, 4.69) is 32.2 Å². The zero-order chi connectivity index (χ0) is 43.7. The highest BCUT2D eigenvalue weighted by molar-refractivity contribution is 6.03. The van der Waals surface area contributed by atoms with E-state index >= 15 is 0 Å². The fourth-order valence-corrected chi connectivity index (χ4v) is 9.57. The fourth-order valence-electron chi connectivity index (χ4n) is 9.57. The molecule has 3 N–H and O–H groups in total. The van der Waals surface area contributed by atoms with E-state index in [9.17, 15) is 20.1 Å². The Kier molecular flexibility index (Phi) is 23.3. The Bertz CT molecular complexity index is 1500. The van der Waals surface area contributed by atoms with Crippen LogP contribution in [0.3, 0.4) is 0 Å². The Morgan fingerprint density at radius 2 is 1.57 bits per heavy atom. The lowest BCUT2D eigenvalue weighted by molar-refractivity contribution is -0.256. The number of hydrogen-bond donors (Lipinski definition) is 3. The first-order chi connectivity index (χ1) is 29.9. The predicted octanol–water partition coefficient (Wildman–Crippen LogP) is 9.27. The highest BCUT2D eigenvalue weighted by Crippen LogP contribution is 2.62. The molecule has 0 aromatic heterocycles. The quantitative estimate of drug-likeness (QED) is 0.0355. The van der Waals surface area contributed by atoms with E-state index in [1.165, 1.54) is 44.9 Å². The van der Waals surface area contributed by atoms with Gasteiger partial charge in [-0.25, -0.2) is 4.79 Å². The molecule has 61 heavy (non-hydrogen) atoms. The van der Waals surface area contributed by atoms with Crippen LogP contribution in [0.2, 0.25) is 0 Å². The van der Waals surface area contributed by atoms with Crippen LogP contribution in [0.4, 0.5) is 4.79 Å². The molecule has 1 aromatic rings. The number of hydrogen-bond acceptors (Lipinski definition) is 11. The van der Waals surface area contributed by atoms with Crippen molar-refractivity contribution in [1.82, 2.24) is 4.90 Å². The van der Waals surface area contributed by atoms with Gasteiger partial charge < -0.3 is 43.8 Å². The molecular weight excluding hydrogens is 777 g/mol. The predicted molar refractivity (Wildman–Crippen MR) is 240 cm³/mol. The number of ether oxygens (including phenoxy) is 5. The van der Waals surface area contributed by atoms with Gasteiger partial charge in [-0.3, -0.25) is 4.90 Å². The summed E-state index contributed by atoms with van der Waals surface area (Å²) < 4.78 is 32.3. The third-order valence-electron chi connectivity index (χ3n) is 12.4. The first-order valence-corrected chi connectivity index (χ1v) is 23.5. The number of benzene rings is 1. The summed E-state index contributed by atoms with van der Waals surface area (Å²) in [5, 5.41) is 34.1. The minimum absolute atomic E-state index is 0.0831. The maximum absolute atomic E-state index is 14.6. The number of aliphatic hydroxyl groups excluding tert-OH is 3. The molecule has 0 bridgehead atoms. The van der Waals surface area contributed by atoms with Gasteiger partial charge in [-0.15, -0.1) is 6.58 Å². The molecule has 12 nitrogen and oxygen atoms in total. The Morgan fingerprint density at radius 3 is 2.25 bits per heavy atom. The second kappa shape index (κ2) is 28.3. The van der Waals surface area contributed by atoms with Crippen LogP contribution in [0.5, 0.6) is 11.5 Å². The van der Waals surface area contributed by atoms with Gasteiger partial charge >= 0.3 is 6.09 Å². The van der Waals surface area contributed by atoms with Gasteiger partial charge in [0.25, 0.3) is 0 Å². The number of allylic oxidation sites excluding steroid dienone is 1. The molecule has 6 atom stereocenters. The minimum Gasteiger partial charge on any atom is -0.490 e. The average Bonchev–Trinajstić information content (AvgIpc) is 3.27. The van der Waals surface area contributed by atoms with Gasteiger partial charge in [0.2, 0.25) is 5.79 Å². The van der Waals surface area contributed by atoms with Gasteiger partial charge in [0, 0.05) is 37.7 Å². The molecule has 0 saturated heterocycles. The molecule has 344 valence electrons. The molecule has 0 radical (unpaired) electrons. The van der Waals surface area contributed by atoms with E-state index in [-0.39, 0.29) is 77.0 Å². The van der Waals surface area contributed by atoms with Crippen LogP contribution in [0, 0.1) is 17.8 Å². The second-order valence-electron chi connectivity index (χ2n) is 16.6. The van der Waals surface area contributed by atoms with Crippen molar-refractivity contribution in [2.75, 3.05) is 66.0 Å². The third-order valence-corrected chi connectivity index (χ3v) is 12.4. The summed E-state index contributed by atoms with van der Waals surface area (Å²) in [7, 11) is 0. The number of unbranched alkanes of at least 4 members (excludes halogenated alkanes) is 11. The van der Waals surface area contributed by atoms with Gasteiger partial charge in [-0.05, 0) is 74.6 Å². The van der Waals surface area contributed by atoms with Gasteiger partial charge in [0.15, 0.2) is 0 Å². The Balaban J connectivity index is 1.80. The topological polar surface area (TPSA) is 149 Å². The number of oxime groups is 1. The number of aliphatic hydroxyl groups is 3. The Labute approximate surface area is 366 Å². The van der Waals surface area contributed by atoms with Gasteiger partial charge in [0.1, 0.15) is 30.8 Å². The molecule has 0 unspecified atom stereocenters. The zero-order valence-electron chi connectivity index (χ0n) is 37.5. The molecule has 1 amide bonds. The molecular formula is C49H78N2O10. The second-order valence-corrected chi connectivity index (χ2v) is 16.6. The third kappa shape index (κ3) is 14.3. The van der Waals surface area contributed by atoms with Crippen LogP contribution in [-0.4, -0.2) is 110 Å². The molecule has 1 saturated carbocycles. The van der Waals surface area contributed by atoms with Crippen molar-refractivity contribution in [3.05, 3.63) is 60.7 Å². The van der Waals surface area contributed by atoms with Crippen LogP contribution in [0.25, 0.3) is 0 Å². The summed E-state index contributed by atoms with van der Waals surface area (Å²) in [6, 6.07) is 5.16. The molecule has 1 heterocycles. The first-order valence-electron chi connectivity index (χ1n) is 23.5. The van der Waals surface area contributed by atoms with Crippen LogP contribution >= 0.6 is 0 Å². The van der Waals surface area contributed by atoms with Crippen molar-refractivity contribution in [1.29, 1.82) is 0 Å². The van der Waals surface area contributed by atoms with Crippen LogP contribution in [0.15, 0.2) is 60.3 Å². The van der Waals surface area contributed by atoms with Crippen molar-refractivity contribution < 1.29 is 48.6 Å².